The van der Waals surface area contributed by atoms with Gasteiger partial charge in [0, 0.05) is 54.2 Å². The number of piperazine rings is 1. The summed E-state index contributed by atoms with van der Waals surface area (Å²) >= 11 is 6.06. The molecule has 0 spiro atoms. The summed E-state index contributed by atoms with van der Waals surface area (Å²) in [5, 5.41) is 4.84. The van der Waals surface area contributed by atoms with Gasteiger partial charge in [-0.1, -0.05) is 11.6 Å². The van der Waals surface area contributed by atoms with E-state index in [0.717, 1.165) is 28.5 Å². The molecular weight excluding hydrogens is 491 g/mol. The highest BCUT2D eigenvalue weighted by Crippen LogP contribution is 2.28. The minimum absolute atomic E-state index is 0.219. The normalized spacial score (nSPS) is 14.9. The SMILES string of the molecule is Cc1nc(N2CCN(S(=O)(=O)c3ccc(Nc4ccnc5cc(Cl)ccc45)cc3)CC2)ncc1F. The number of halogens is 2. The van der Waals surface area contributed by atoms with E-state index < -0.39 is 15.8 Å². The van der Waals surface area contributed by atoms with Crippen LogP contribution in [0.5, 0.6) is 0 Å². The van der Waals surface area contributed by atoms with E-state index in [2.05, 4.69) is 20.3 Å². The van der Waals surface area contributed by atoms with Crippen LogP contribution in [0.15, 0.2) is 65.8 Å². The first-order valence-corrected chi connectivity index (χ1v) is 12.8. The molecule has 0 amide bonds. The van der Waals surface area contributed by atoms with Gasteiger partial charge in [-0.2, -0.15) is 4.31 Å². The second kappa shape index (κ2) is 9.37. The molecule has 1 saturated heterocycles. The zero-order valence-corrected chi connectivity index (χ0v) is 20.4. The van der Waals surface area contributed by atoms with Crippen LogP contribution in [0.25, 0.3) is 10.9 Å². The van der Waals surface area contributed by atoms with Crippen LogP contribution in [-0.4, -0.2) is 53.9 Å². The average Bonchev–Trinajstić information content (AvgIpc) is 2.86. The van der Waals surface area contributed by atoms with Gasteiger partial charge in [-0.25, -0.2) is 22.8 Å². The predicted molar refractivity (Wildman–Crippen MR) is 134 cm³/mol. The lowest BCUT2D eigenvalue weighted by atomic mass is 10.2. The van der Waals surface area contributed by atoms with E-state index in [1.165, 1.54) is 4.31 Å². The Kier molecular flexibility index (Phi) is 6.26. The molecule has 5 rings (SSSR count). The summed E-state index contributed by atoms with van der Waals surface area (Å²) in [6.07, 6.45) is 2.83. The summed E-state index contributed by atoms with van der Waals surface area (Å²) in [5.74, 6) is -0.0586. The Hall–Kier alpha value is -3.34. The summed E-state index contributed by atoms with van der Waals surface area (Å²) < 4.78 is 41.3. The molecule has 4 aromatic rings. The predicted octanol–water partition coefficient (Wildman–Crippen LogP) is 4.38. The lowest BCUT2D eigenvalue weighted by Crippen LogP contribution is -2.49. The number of rotatable bonds is 5. The van der Waals surface area contributed by atoms with Gasteiger partial charge < -0.3 is 10.2 Å². The smallest absolute Gasteiger partial charge is 0.243 e. The van der Waals surface area contributed by atoms with Gasteiger partial charge in [-0.15, -0.1) is 0 Å². The maximum atomic E-state index is 13.5. The fourth-order valence-electron chi connectivity index (χ4n) is 3.97. The van der Waals surface area contributed by atoms with E-state index in [4.69, 9.17) is 11.6 Å². The maximum absolute atomic E-state index is 13.5. The van der Waals surface area contributed by atoms with Crippen molar-refractivity contribution in [3.05, 3.63) is 77.5 Å². The molecule has 0 unspecified atom stereocenters. The number of sulfonamides is 1. The maximum Gasteiger partial charge on any atom is 0.243 e. The highest BCUT2D eigenvalue weighted by molar-refractivity contribution is 7.89. The first kappa shape index (κ1) is 23.4. The molecule has 1 fully saturated rings. The average molecular weight is 513 g/mol. The number of anilines is 3. The topological polar surface area (TPSA) is 91.3 Å². The third-order valence-corrected chi connectivity index (χ3v) is 8.05. The Labute approximate surface area is 207 Å². The van der Waals surface area contributed by atoms with Gasteiger partial charge in [0.15, 0.2) is 5.82 Å². The quantitative estimate of drug-likeness (QED) is 0.424. The zero-order chi connectivity index (χ0) is 24.6. The number of hydrogen-bond donors (Lipinski definition) is 1. The molecule has 35 heavy (non-hydrogen) atoms. The van der Waals surface area contributed by atoms with Crippen LogP contribution in [0.2, 0.25) is 5.02 Å². The molecule has 2 aromatic heterocycles. The summed E-state index contributed by atoms with van der Waals surface area (Å²) in [6.45, 7) is 2.99. The van der Waals surface area contributed by atoms with Crippen molar-refractivity contribution in [2.75, 3.05) is 36.4 Å². The Balaban J connectivity index is 1.28. The summed E-state index contributed by atoms with van der Waals surface area (Å²) in [5.41, 5.74) is 2.63. The van der Waals surface area contributed by atoms with Crippen LogP contribution in [-0.2, 0) is 10.0 Å². The molecule has 180 valence electrons. The van der Waals surface area contributed by atoms with Gasteiger partial charge in [0.25, 0.3) is 0 Å². The molecule has 1 aliphatic rings. The van der Waals surface area contributed by atoms with Crippen molar-refractivity contribution in [1.29, 1.82) is 0 Å². The van der Waals surface area contributed by atoms with Crippen LogP contribution in [0.1, 0.15) is 5.69 Å². The van der Waals surface area contributed by atoms with E-state index >= 15 is 0 Å². The van der Waals surface area contributed by atoms with Crippen molar-refractivity contribution >= 4 is 49.9 Å². The van der Waals surface area contributed by atoms with Gasteiger partial charge in [-0.3, -0.25) is 4.98 Å². The van der Waals surface area contributed by atoms with Crippen LogP contribution < -0.4 is 10.2 Å². The van der Waals surface area contributed by atoms with E-state index in [0.29, 0.717) is 24.1 Å². The minimum atomic E-state index is -3.66. The molecule has 3 heterocycles. The molecule has 8 nitrogen and oxygen atoms in total. The first-order chi connectivity index (χ1) is 16.8. The monoisotopic (exact) mass is 512 g/mol. The summed E-state index contributed by atoms with van der Waals surface area (Å²) in [6, 6.07) is 14.0. The lowest BCUT2D eigenvalue weighted by Gasteiger charge is -2.34. The van der Waals surface area contributed by atoms with Crippen LogP contribution in [0.4, 0.5) is 21.7 Å². The number of aromatic nitrogens is 3. The molecule has 0 aliphatic carbocycles. The first-order valence-electron chi connectivity index (χ1n) is 11.0. The summed E-state index contributed by atoms with van der Waals surface area (Å²) in [7, 11) is -3.66. The van der Waals surface area contributed by atoms with Gasteiger partial charge in [0.05, 0.1) is 22.3 Å². The molecule has 0 saturated carbocycles. The van der Waals surface area contributed by atoms with Crippen LogP contribution in [0.3, 0.4) is 0 Å². The fraction of sp³-hybridized carbons (Fsp3) is 0.208. The Morgan fingerprint density at radius 1 is 1.00 bits per heavy atom. The highest BCUT2D eigenvalue weighted by atomic mass is 35.5. The third-order valence-electron chi connectivity index (χ3n) is 5.90. The Bertz CT molecular complexity index is 1490. The molecule has 0 radical (unpaired) electrons. The van der Waals surface area contributed by atoms with Gasteiger partial charge in [0.1, 0.15) is 0 Å². The molecule has 1 aliphatic heterocycles. The summed E-state index contributed by atoms with van der Waals surface area (Å²) in [4.78, 5) is 14.6. The van der Waals surface area contributed by atoms with Crippen molar-refractivity contribution in [2.45, 2.75) is 11.8 Å². The van der Waals surface area contributed by atoms with Crippen molar-refractivity contribution in [3.63, 3.8) is 0 Å². The number of pyridine rings is 1. The number of aryl methyl sites for hydroxylation is 1. The lowest BCUT2D eigenvalue weighted by molar-refractivity contribution is 0.382. The number of nitrogens with one attached hydrogen (secondary N) is 1. The zero-order valence-electron chi connectivity index (χ0n) is 18.8. The van der Waals surface area contributed by atoms with Gasteiger partial charge in [-0.05, 0) is 55.5 Å². The fourth-order valence-corrected chi connectivity index (χ4v) is 5.55. The van der Waals surface area contributed by atoms with E-state index in [1.54, 1.807) is 49.5 Å². The van der Waals surface area contributed by atoms with Crippen molar-refractivity contribution in [3.8, 4) is 0 Å². The number of benzene rings is 2. The molecule has 1 N–H and O–H groups in total. The second-order valence-electron chi connectivity index (χ2n) is 8.16. The Morgan fingerprint density at radius 2 is 1.74 bits per heavy atom. The van der Waals surface area contributed by atoms with Crippen molar-refractivity contribution in [2.24, 2.45) is 0 Å². The third kappa shape index (κ3) is 4.77. The van der Waals surface area contributed by atoms with E-state index in [1.807, 2.05) is 17.0 Å². The van der Waals surface area contributed by atoms with E-state index in [9.17, 15) is 12.8 Å². The standard InChI is InChI=1S/C24H22ClFN6O2S/c1-16-21(26)15-28-24(29-16)31-10-12-32(13-11-31)35(33,34)19-5-3-18(4-6-19)30-22-8-9-27-23-14-17(25)2-7-20(22)23/h2-9,14-15H,10-13H2,1H3,(H,27,30). The molecule has 0 bridgehead atoms. The second-order valence-corrected chi connectivity index (χ2v) is 10.5. The number of hydrogen-bond acceptors (Lipinski definition) is 7. The van der Waals surface area contributed by atoms with E-state index in [-0.39, 0.29) is 23.7 Å². The number of fused-ring (bicyclic) bond motifs is 1. The molecule has 11 heteroatoms. The van der Waals surface area contributed by atoms with Gasteiger partial charge in [0.2, 0.25) is 16.0 Å². The van der Waals surface area contributed by atoms with Gasteiger partial charge >= 0.3 is 0 Å². The largest absolute Gasteiger partial charge is 0.355 e. The molecular formula is C24H22ClFN6O2S. The van der Waals surface area contributed by atoms with Crippen molar-refractivity contribution < 1.29 is 12.8 Å². The van der Waals surface area contributed by atoms with Crippen molar-refractivity contribution in [1.82, 2.24) is 19.3 Å². The molecule has 0 atom stereocenters. The van der Waals surface area contributed by atoms with Crippen LogP contribution >= 0.6 is 11.6 Å². The van der Waals surface area contributed by atoms with Crippen LogP contribution in [0, 0.1) is 12.7 Å². The Morgan fingerprint density at radius 3 is 2.46 bits per heavy atom. The minimum Gasteiger partial charge on any atom is -0.355 e. The highest BCUT2D eigenvalue weighted by Gasteiger charge is 2.29. The number of nitrogens with zero attached hydrogens (tertiary/aromatic N) is 5. The molecule has 2 aromatic carbocycles.